The van der Waals surface area contributed by atoms with E-state index in [0.29, 0.717) is 16.6 Å². The molecule has 0 fully saturated rings. The van der Waals surface area contributed by atoms with E-state index in [4.69, 9.17) is 4.74 Å². The second-order valence-electron chi connectivity index (χ2n) is 3.74. The lowest BCUT2D eigenvalue weighted by molar-refractivity contribution is -0.118. The number of aromatic nitrogens is 1. The summed E-state index contributed by atoms with van der Waals surface area (Å²) in [6, 6.07) is 9.06. The van der Waals surface area contributed by atoms with E-state index < -0.39 is 0 Å². The fourth-order valence-electron chi connectivity index (χ4n) is 1.31. The maximum atomic E-state index is 11.6. The van der Waals surface area contributed by atoms with Crippen molar-refractivity contribution >= 4 is 28.2 Å². The Labute approximate surface area is 114 Å². The Morgan fingerprint density at radius 3 is 2.68 bits per heavy atom. The van der Waals surface area contributed by atoms with Gasteiger partial charge in [-0.2, -0.15) is 0 Å². The van der Waals surface area contributed by atoms with Gasteiger partial charge in [0.1, 0.15) is 11.4 Å². The molecule has 0 atom stereocenters. The number of thiazole rings is 1. The summed E-state index contributed by atoms with van der Waals surface area (Å²) in [5.41, 5.74) is 0.351. The molecule has 0 spiro atoms. The van der Waals surface area contributed by atoms with E-state index in [2.05, 4.69) is 10.3 Å². The number of nitrogens with one attached hydrogen (secondary N) is 1. The van der Waals surface area contributed by atoms with E-state index >= 15 is 0 Å². The number of anilines is 1. The fourth-order valence-corrected chi connectivity index (χ4v) is 2.08. The largest absolute Gasteiger partial charge is 0.484 e. The van der Waals surface area contributed by atoms with Crippen molar-refractivity contribution < 1.29 is 14.3 Å². The summed E-state index contributed by atoms with van der Waals surface area (Å²) in [4.78, 5) is 26.7. The van der Waals surface area contributed by atoms with Crippen molar-refractivity contribution in [2.75, 3.05) is 11.9 Å². The third kappa shape index (κ3) is 3.89. The van der Waals surface area contributed by atoms with Crippen molar-refractivity contribution in [3.8, 4) is 5.75 Å². The molecular formula is C13H12N2O3S. The Bertz CT molecular complexity index is 581. The number of benzene rings is 1. The molecule has 6 heteroatoms. The minimum Gasteiger partial charge on any atom is -0.484 e. The van der Waals surface area contributed by atoms with Crippen LogP contribution in [0.2, 0.25) is 0 Å². The van der Waals surface area contributed by atoms with Crippen LogP contribution in [0.5, 0.6) is 5.75 Å². The average Bonchev–Trinajstić information content (AvgIpc) is 2.86. The van der Waals surface area contributed by atoms with Crippen molar-refractivity contribution in [3.63, 3.8) is 0 Å². The number of hydrogen-bond donors (Lipinski definition) is 1. The first-order chi connectivity index (χ1) is 9.15. The Kier molecular flexibility index (Phi) is 4.25. The van der Waals surface area contributed by atoms with E-state index in [0.717, 1.165) is 0 Å². The highest BCUT2D eigenvalue weighted by molar-refractivity contribution is 7.14. The average molecular weight is 276 g/mol. The minimum atomic E-state index is -0.312. The summed E-state index contributed by atoms with van der Waals surface area (Å²) in [5, 5.41) is 4.58. The lowest BCUT2D eigenvalue weighted by Gasteiger charge is -2.05. The number of carbonyl (C=O) groups excluding carboxylic acids is 2. The Balaban J connectivity index is 1.85. The standard InChI is InChI=1S/C13H12N2O3S/c1-9(16)11-8-19-13(14-11)15-12(17)7-18-10-5-3-2-4-6-10/h2-6,8H,7H2,1H3,(H,14,15,17). The first-order valence-electron chi connectivity index (χ1n) is 5.59. The first kappa shape index (κ1) is 13.2. The molecule has 1 aromatic heterocycles. The lowest BCUT2D eigenvalue weighted by Crippen LogP contribution is -2.20. The lowest BCUT2D eigenvalue weighted by atomic mass is 10.3. The van der Waals surface area contributed by atoms with E-state index in [9.17, 15) is 9.59 Å². The Morgan fingerprint density at radius 2 is 2.05 bits per heavy atom. The zero-order valence-corrected chi connectivity index (χ0v) is 11.1. The molecular weight excluding hydrogens is 264 g/mol. The normalized spacial score (nSPS) is 9.95. The summed E-state index contributed by atoms with van der Waals surface area (Å²) in [6.45, 7) is 1.33. The maximum Gasteiger partial charge on any atom is 0.264 e. The van der Waals surface area contributed by atoms with Crippen LogP contribution in [-0.2, 0) is 4.79 Å². The molecule has 1 amide bonds. The number of ether oxygens (including phenoxy) is 1. The zero-order valence-electron chi connectivity index (χ0n) is 10.3. The summed E-state index contributed by atoms with van der Waals surface area (Å²) < 4.78 is 5.29. The quantitative estimate of drug-likeness (QED) is 0.851. The van der Waals surface area contributed by atoms with Crippen LogP contribution >= 0.6 is 11.3 Å². The van der Waals surface area contributed by atoms with Gasteiger partial charge < -0.3 is 4.74 Å². The van der Waals surface area contributed by atoms with Crippen LogP contribution < -0.4 is 10.1 Å². The van der Waals surface area contributed by atoms with Gasteiger partial charge in [0.2, 0.25) is 0 Å². The molecule has 5 nitrogen and oxygen atoms in total. The van der Waals surface area contributed by atoms with Crippen LogP contribution in [0.3, 0.4) is 0 Å². The topological polar surface area (TPSA) is 68.3 Å². The summed E-state index contributed by atoms with van der Waals surface area (Å²) in [6.07, 6.45) is 0. The van der Waals surface area contributed by atoms with Gasteiger partial charge in [-0.15, -0.1) is 11.3 Å². The highest BCUT2D eigenvalue weighted by atomic mass is 32.1. The number of amides is 1. The second kappa shape index (κ2) is 6.10. The van der Waals surface area contributed by atoms with Gasteiger partial charge in [-0.05, 0) is 12.1 Å². The molecule has 0 bridgehead atoms. The van der Waals surface area contributed by atoms with Crippen molar-refractivity contribution in [3.05, 3.63) is 41.4 Å². The van der Waals surface area contributed by atoms with Gasteiger partial charge in [-0.1, -0.05) is 18.2 Å². The molecule has 0 aliphatic carbocycles. The maximum absolute atomic E-state index is 11.6. The number of Topliss-reactive ketones (excluding diaryl/α,β-unsaturated/α-hetero) is 1. The smallest absolute Gasteiger partial charge is 0.264 e. The molecule has 98 valence electrons. The van der Waals surface area contributed by atoms with E-state index in [1.54, 1.807) is 17.5 Å². The summed E-state index contributed by atoms with van der Waals surface area (Å²) >= 11 is 1.21. The molecule has 2 aromatic rings. The van der Waals surface area contributed by atoms with Crippen molar-refractivity contribution in [1.82, 2.24) is 4.98 Å². The second-order valence-corrected chi connectivity index (χ2v) is 4.60. The number of ketones is 1. The number of rotatable bonds is 5. The molecule has 1 heterocycles. The van der Waals surface area contributed by atoms with Gasteiger partial charge in [-0.3, -0.25) is 14.9 Å². The highest BCUT2D eigenvalue weighted by Crippen LogP contribution is 2.15. The molecule has 1 aromatic carbocycles. The monoisotopic (exact) mass is 276 g/mol. The fraction of sp³-hybridized carbons (Fsp3) is 0.154. The van der Waals surface area contributed by atoms with Crippen molar-refractivity contribution in [1.29, 1.82) is 0 Å². The van der Waals surface area contributed by atoms with E-state index in [-0.39, 0.29) is 18.3 Å². The number of carbonyl (C=O) groups is 2. The molecule has 0 saturated carbocycles. The summed E-state index contributed by atoms with van der Waals surface area (Å²) in [7, 11) is 0. The van der Waals surface area contributed by atoms with Crippen LogP contribution in [0, 0.1) is 0 Å². The number of nitrogens with zero attached hydrogens (tertiary/aromatic N) is 1. The van der Waals surface area contributed by atoms with Gasteiger partial charge in [0.05, 0.1) is 0 Å². The van der Waals surface area contributed by atoms with E-state index in [1.165, 1.54) is 18.3 Å². The van der Waals surface area contributed by atoms with Gasteiger partial charge >= 0.3 is 0 Å². The molecule has 1 N–H and O–H groups in total. The highest BCUT2D eigenvalue weighted by Gasteiger charge is 2.09. The van der Waals surface area contributed by atoms with Gasteiger partial charge in [0.15, 0.2) is 17.5 Å². The number of para-hydroxylation sites is 1. The van der Waals surface area contributed by atoms with Crippen LogP contribution in [0.15, 0.2) is 35.7 Å². The van der Waals surface area contributed by atoms with Crippen LogP contribution in [0.1, 0.15) is 17.4 Å². The van der Waals surface area contributed by atoms with Gasteiger partial charge in [0, 0.05) is 12.3 Å². The minimum absolute atomic E-state index is 0.0982. The SMILES string of the molecule is CC(=O)c1csc(NC(=O)COc2ccccc2)n1. The van der Waals surface area contributed by atoms with Crippen LogP contribution in [-0.4, -0.2) is 23.3 Å². The Morgan fingerprint density at radius 1 is 1.32 bits per heavy atom. The first-order valence-corrected chi connectivity index (χ1v) is 6.47. The predicted octanol–water partition coefficient (Wildman–Crippen LogP) is 2.36. The molecule has 19 heavy (non-hydrogen) atoms. The number of hydrogen-bond acceptors (Lipinski definition) is 5. The molecule has 0 unspecified atom stereocenters. The molecule has 0 aliphatic rings. The Hall–Kier alpha value is -2.21. The molecule has 0 aliphatic heterocycles. The van der Waals surface area contributed by atoms with Crippen LogP contribution in [0.25, 0.3) is 0 Å². The van der Waals surface area contributed by atoms with Crippen molar-refractivity contribution in [2.24, 2.45) is 0 Å². The molecule has 2 rings (SSSR count). The summed E-state index contributed by atoms with van der Waals surface area (Å²) in [5.74, 6) is 0.187. The molecule has 0 saturated heterocycles. The zero-order chi connectivity index (χ0) is 13.7. The van der Waals surface area contributed by atoms with E-state index in [1.807, 2.05) is 18.2 Å². The molecule has 0 radical (unpaired) electrons. The third-order valence-corrected chi connectivity index (χ3v) is 2.98. The van der Waals surface area contributed by atoms with Gasteiger partial charge in [-0.25, -0.2) is 4.98 Å². The predicted molar refractivity (Wildman–Crippen MR) is 72.7 cm³/mol. The van der Waals surface area contributed by atoms with Gasteiger partial charge in [0.25, 0.3) is 5.91 Å². The van der Waals surface area contributed by atoms with Crippen molar-refractivity contribution in [2.45, 2.75) is 6.92 Å². The van der Waals surface area contributed by atoms with Crippen LogP contribution in [0.4, 0.5) is 5.13 Å². The third-order valence-electron chi connectivity index (χ3n) is 2.22.